The molecule has 1 atom stereocenters. The van der Waals surface area contributed by atoms with Crippen LogP contribution in [0.15, 0.2) is 45.7 Å². The lowest BCUT2D eigenvalue weighted by Gasteiger charge is -2.34. The zero-order valence-corrected chi connectivity index (χ0v) is 15.9. The average Bonchev–Trinajstić information content (AvgIpc) is 3.11. The van der Waals surface area contributed by atoms with Crippen molar-refractivity contribution in [3.05, 3.63) is 47.9 Å². The van der Waals surface area contributed by atoms with Gasteiger partial charge in [0.1, 0.15) is 23.9 Å². The number of aryl methyl sites for hydroxylation is 1. The lowest BCUT2D eigenvalue weighted by Crippen LogP contribution is -2.36. The van der Waals surface area contributed by atoms with Gasteiger partial charge in [0.25, 0.3) is 0 Å². The summed E-state index contributed by atoms with van der Waals surface area (Å²) in [7, 11) is -3.67. The molecular weight excluding hydrogens is 352 g/mol. The first kappa shape index (κ1) is 18.9. The van der Waals surface area contributed by atoms with Crippen LogP contribution in [0.2, 0.25) is 0 Å². The average molecular weight is 378 g/mol. The normalized spacial score (nSPS) is 18.8. The molecule has 1 aliphatic heterocycles. The van der Waals surface area contributed by atoms with E-state index in [0.717, 1.165) is 37.5 Å². The Kier molecular flexibility index (Phi) is 6.01. The quantitative estimate of drug-likeness (QED) is 0.800. The molecule has 1 aliphatic rings. The Morgan fingerprint density at radius 1 is 1.19 bits per heavy atom. The third kappa shape index (κ3) is 4.66. The highest BCUT2D eigenvalue weighted by molar-refractivity contribution is 7.89. The highest BCUT2D eigenvalue weighted by atomic mass is 32.2. The van der Waals surface area contributed by atoms with E-state index in [2.05, 4.69) is 24.0 Å². The van der Waals surface area contributed by atoms with E-state index in [1.54, 1.807) is 12.1 Å². The maximum atomic E-state index is 11.3. The highest BCUT2D eigenvalue weighted by Crippen LogP contribution is 2.31. The monoisotopic (exact) mass is 378 g/mol. The third-order valence-corrected chi connectivity index (χ3v) is 5.70. The molecule has 1 aromatic heterocycles. The van der Waals surface area contributed by atoms with E-state index >= 15 is 0 Å². The summed E-state index contributed by atoms with van der Waals surface area (Å²) in [5, 5.41) is 5.10. The van der Waals surface area contributed by atoms with Crippen molar-refractivity contribution in [2.45, 2.75) is 43.5 Å². The minimum atomic E-state index is -3.67. The zero-order valence-electron chi connectivity index (χ0n) is 15.1. The fraction of sp³-hybridized carbons (Fsp3) is 0.474. The minimum Gasteiger partial charge on any atom is -0.492 e. The Morgan fingerprint density at radius 3 is 2.62 bits per heavy atom. The molecule has 1 aromatic carbocycles. The minimum absolute atomic E-state index is 0.0884. The lowest BCUT2D eigenvalue weighted by molar-refractivity contribution is 0.108. The van der Waals surface area contributed by atoms with E-state index in [-0.39, 0.29) is 4.90 Å². The first-order valence-electron chi connectivity index (χ1n) is 9.05. The Labute approximate surface area is 155 Å². The molecule has 0 saturated carbocycles. The second-order valence-electron chi connectivity index (χ2n) is 6.57. The van der Waals surface area contributed by atoms with Crippen molar-refractivity contribution in [3.63, 3.8) is 0 Å². The van der Waals surface area contributed by atoms with Gasteiger partial charge in [-0.25, -0.2) is 13.6 Å². The Bertz CT molecular complexity index is 814. The summed E-state index contributed by atoms with van der Waals surface area (Å²) in [6.45, 7) is 4.45. The van der Waals surface area contributed by atoms with Crippen molar-refractivity contribution in [2.75, 3.05) is 19.7 Å². The first-order valence-corrected chi connectivity index (χ1v) is 10.6. The molecule has 0 aliphatic carbocycles. The second-order valence-corrected chi connectivity index (χ2v) is 8.13. The van der Waals surface area contributed by atoms with Gasteiger partial charge in [-0.05, 0) is 55.8 Å². The van der Waals surface area contributed by atoms with Gasteiger partial charge in [-0.1, -0.05) is 13.3 Å². The zero-order chi connectivity index (χ0) is 18.6. The molecule has 7 heteroatoms. The predicted octanol–water partition coefficient (Wildman–Crippen LogP) is 3.10. The van der Waals surface area contributed by atoms with Gasteiger partial charge in [-0.2, -0.15) is 0 Å². The first-order chi connectivity index (χ1) is 12.5. The number of nitrogens with zero attached hydrogens (tertiary/aromatic N) is 1. The van der Waals surface area contributed by atoms with Gasteiger partial charge in [-0.3, -0.25) is 4.90 Å². The molecule has 3 rings (SSSR count). The molecule has 1 saturated heterocycles. The maximum Gasteiger partial charge on any atom is 0.238 e. The smallest absolute Gasteiger partial charge is 0.238 e. The van der Waals surface area contributed by atoms with Crippen LogP contribution in [0.5, 0.6) is 5.75 Å². The van der Waals surface area contributed by atoms with Crippen LogP contribution in [0.1, 0.15) is 43.7 Å². The summed E-state index contributed by atoms with van der Waals surface area (Å²) in [5.74, 6) is 2.70. The van der Waals surface area contributed by atoms with Crippen LogP contribution in [0, 0.1) is 0 Å². The van der Waals surface area contributed by atoms with E-state index in [0.29, 0.717) is 18.4 Å². The van der Waals surface area contributed by atoms with Crippen molar-refractivity contribution < 1.29 is 17.6 Å². The summed E-state index contributed by atoms with van der Waals surface area (Å²) in [6, 6.07) is 10.6. The molecule has 1 fully saturated rings. The molecule has 0 bridgehead atoms. The summed E-state index contributed by atoms with van der Waals surface area (Å²) in [4.78, 5) is 2.49. The Balaban J connectivity index is 1.57. The van der Waals surface area contributed by atoms with E-state index in [1.807, 2.05) is 0 Å². The summed E-state index contributed by atoms with van der Waals surface area (Å²) in [5.41, 5.74) is 0. The number of rotatable bonds is 7. The number of sulfonamides is 1. The maximum absolute atomic E-state index is 11.3. The Hall–Kier alpha value is -1.83. The number of ether oxygens (including phenoxy) is 1. The predicted molar refractivity (Wildman–Crippen MR) is 99.6 cm³/mol. The van der Waals surface area contributed by atoms with Crippen LogP contribution in [0.4, 0.5) is 0 Å². The SMILES string of the molecule is CCc1ccc(C2CCCCN2CCOc2ccc(S(N)(=O)=O)cc2)o1. The summed E-state index contributed by atoms with van der Waals surface area (Å²) >= 11 is 0. The number of primary sulfonamides is 1. The highest BCUT2D eigenvalue weighted by Gasteiger charge is 2.26. The number of furan rings is 1. The number of piperidine rings is 1. The molecule has 2 aromatic rings. The molecule has 26 heavy (non-hydrogen) atoms. The molecule has 6 nitrogen and oxygen atoms in total. The second kappa shape index (κ2) is 8.24. The van der Waals surface area contributed by atoms with E-state index in [1.165, 1.54) is 25.0 Å². The lowest BCUT2D eigenvalue weighted by atomic mass is 10.0. The van der Waals surface area contributed by atoms with Gasteiger partial charge in [0.05, 0.1) is 10.9 Å². The molecule has 142 valence electrons. The number of hydrogen-bond acceptors (Lipinski definition) is 5. The van der Waals surface area contributed by atoms with Crippen LogP contribution in [-0.2, 0) is 16.4 Å². The van der Waals surface area contributed by atoms with Crippen LogP contribution < -0.4 is 9.88 Å². The number of likely N-dealkylation sites (tertiary alicyclic amines) is 1. The molecular formula is C19H26N2O4S. The third-order valence-electron chi connectivity index (χ3n) is 4.77. The Morgan fingerprint density at radius 2 is 1.96 bits per heavy atom. The van der Waals surface area contributed by atoms with Crippen molar-refractivity contribution in [1.29, 1.82) is 0 Å². The van der Waals surface area contributed by atoms with E-state index < -0.39 is 10.0 Å². The van der Waals surface area contributed by atoms with Crippen LogP contribution in [0.25, 0.3) is 0 Å². The van der Waals surface area contributed by atoms with Gasteiger partial charge in [-0.15, -0.1) is 0 Å². The van der Waals surface area contributed by atoms with Crippen molar-refractivity contribution in [3.8, 4) is 5.75 Å². The molecule has 2 N–H and O–H groups in total. The summed E-state index contributed by atoms with van der Waals surface area (Å²) in [6.07, 6.45) is 4.39. The number of benzene rings is 1. The number of nitrogens with two attached hydrogens (primary N) is 1. The van der Waals surface area contributed by atoms with Crippen molar-refractivity contribution in [2.24, 2.45) is 5.14 Å². The van der Waals surface area contributed by atoms with E-state index in [9.17, 15) is 8.42 Å². The molecule has 0 spiro atoms. The van der Waals surface area contributed by atoms with Crippen molar-refractivity contribution >= 4 is 10.0 Å². The molecule has 2 heterocycles. The molecule has 0 radical (unpaired) electrons. The van der Waals surface area contributed by atoms with E-state index in [4.69, 9.17) is 14.3 Å². The van der Waals surface area contributed by atoms with Crippen LogP contribution >= 0.6 is 0 Å². The van der Waals surface area contributed by atoms with Crippen LogP contribution in [0.3, 0.4) is 0 Å². The molecule has 0 amide bonds. The van der Waals surface area contributed by atoms with Gasteiger partial charge in [0, 0.05) is 13.0 Å². The van der Waals surface area contributed by atoms with Gasteiger partial charge in [0.2, 0.25) is 10.0 Å². The molecule has 1 unspecified atom stereocenters. The van der Waals surface area contributed by atoms with Crippen molar-refractivity contribution in [1.82, 2.24) is 4.90 Å². The largest absolute Gasteiger partial charge is 0.492 e. The van der Waals surface area contributed by atoms with Crippen LogP contribution in [-0.4, -0.2) is 33.0 Å². The van der Waals surface area contributed by atoms with Gasteiger partial charge < -0.3 is 9.15 Å². The summed E-state index contributed by atoms with van der Waals surface area (Å²) < 4.78 is 34.3. The fourth-order valence-corrected chi connectivity index (χ4v) is 3.87. The fourth-order valence-electron chi connectivity index (χ4n) is 3.35. The van der Waals surface area contributed by atoms with Gasteiger partial charge >= 0.3 is 0 Å². The number of hydrogen-bond donors (Lipinski definition) is 1. The topological polar surface area (TPSA) is 85.8 Å². The van der Waals surface area contributed by atoms with Gasteiger partial charge in [0.15, 0.2) is 0 Å². The standard InChI is InChI=1S/C19H26N2O4S/c1-2-15-8-11-19(25-15)18-5-3-4-12-21(18)13-14-24-16-6-9-17(10-7-16)26(20,22)23/h6-11,18H,2-5,12-14H2,1H3,(H2,20,22,23).